The zero-order valence-electron chi connectivity index (χ0n) is 12.4. The normalized spacial score (nSPS) is 10.8. The number of benzene rings is 1. The van der Waals surface area contributed by atoms with Crippen LogP contribution in [0.2, 0.25) is 0 Å². The van der Waals surface area contributed by atoms with Crippen LogP contribution < -0.4 is 16.4 Å². The van der Waals surface area contributed by atoms with Crippen LogP contribution in [0, 0.1) is 0 Å². The highest BCUT2D eigenvalue weighted by molar-refractivity contribution is 5.94. The maximum Gasteiger partial charge on any atom is 0.409 e. The van der Waals surface area contributed by atoms with E-state index in [0.717, 1.165) is 0 Å². The summed E-state index contributed by atoms with van der Waals surface area (Å²) in [6, 6.07) is 6.51. The first-order valence-corrected chi connectivity index (χ1v) is 6.46. The first-order chi connectivity index (χ1) is 9.78. The minimum atomic E-state index is -0.577. The molecule has 0 aliphatic rings. The van der Waals surface area contributed by atoms with Crippen molar-refractivity contribution in [3.8, 4) is 0 Å². The fourth-order valence-corrected chi connectivity index (χ4v) is 1.33. The van der Waals surface area contributed by atoms with Crippen molar-refractivity contribution in [2.75, 3.05) is 19.2 Å². The number of nitrogen functional groups attached to an aromatic ring is 1. The van der Waals surface area contributed by atoms with Gasteiger partial charge in [-0.3, -0.25) is 10.1 Å². The highest BCUT2D eigenvalue weighted by atomic mass is 16.6. The number of amides is 2. The molecule has 1 aromatic carbocycles. The van der Waals surface area contributed by atoms with E-state index in [-0.39, 0.29) is 19.4 Å². The molecule has 4 N–H and O–H groups in total. The molecule has 0 saturated carbocycles. The van der Waals surface area contributed by atoms with E-state index in [0.29, 0.717) is 11.3 Å². The van der Waals surface area contributed by atoms with Gasteiger partial charge in [0, 0.05) is 11.3 Å². The highest BCUT2D eigenvalue weighted by Crippen LogP contribution is 2.06. The van der Waals surface area contributed by atoms with Crippen molar-refractivity contribution in [2.45, 2.75) is 26.4 Å². The number of hydrogen-bond acceptors (Lipinski definition) is 5. The lowest BCUT2D eigenvalue weighted by Gasteiger charge is -2.19. The first-order valence-electron chi connectivity index (χ1n) is 6.46. The number of rotatable bonds is 5. The van der Waals surface area contributed by atoms with Gasteiger partial charge in [-0.15, -0.1) is 0 Å². The molecule has 1 rings (SSSR count). The quantitative estimate of drug-likeness (QED) is 0.433. The topological polar surface area (TPSA) is 103 Å². The van der Waals surface area contributed by atoms with Crippen LogP contribution in [0.25, 0.3) is 0 Å². The smallest absolute Gasteiger partial charge is 0.409 e. The van der Waals surface area contributed by atoms with Gasteiger partial charge >= 0.3 is 6.09 Å². The van der Waals surface area contributed by atoms with Crippen LogP contribution in [0.1, 0.15) is 31.1 Å². The summed E-state index contributed by atoms with van der Waals surface area (Å²) in [5, 5.41) is 4.96. The van der Waals surface area contributed by atoms with Gasteiger partial charge in [0.1, 0.15) is 19.1 Å². The van der Waals surface area contributed by atoms with Gasteiger partial charge in [0.25, 0.3) is 5.91 Å². The summed E-state index contributed by atoms with van der Waals surface area (Å²) < 4.78 is 10.1. The number of hydrogen-bond donors (Lipinski definition) is 3. The van der Waals surface area contributed by atoms with Gasteiger partial charge in [-0.25, -0.2) is 4.79 Å². The minimum absolute atomic E-state index is 0.0288. The molecule has 0 heterocycles. The molecule has 0 radical (unpaired) electrons. The van der Waals surface area contributed by atoms with E-state index in [1.165, 1.54) is 0 Å². The number of anilines is 1. The number of nitrogens with one attached hydrogen (secondary N) is 2. The zero-order valence-corrected chi connectivity index (χ0v) is 12.4. The van der Waals surface area contributed by atoms with Crippen LogP contribution in [0.15, 0.2) is 24.3 Å². The third-order valence-corrected chi connectivity index (χ3v) is 2.23. The van der Waals surface area contributed by atoms with Gasteiger partial charge in [-0.1, -0.05) is 0 Å². The lowest BCUT2D eigenvalue weighted by atomic mass is 10.2. The van der Waals surface area contributed by atoms with Crippen LogP contribution in [0.3, 0.4) is 0 Å². The fourth-order valence-electron chi connectivity index (χ4n) is 1.33. The summed E-state index contributed by atoms with van der Waals surface area (Å²) in [6.07, 6.45) is -0.577. The number of ether oxygens (including phenoxy) is 2. The Balaban J connectivity index is 2.18. The number of carbonyl (C=O) groups excluding carboxylic acids is 2. The Kier molecular flexibility index (Phi) is 5.98. The lowest BCUT2D eigenvalue weighted by Crippen LogP contribution is -2.35. The third kappa shape index (κ3) is 7.17. The molecule has 116 valence electrons. The molecule has 0 unspecified atom stereocenters. The Morgan fingerprint density at radius 2 is 1.67 bits per heavy atom. The Hall–Kier alpha value is -2.28. The Morgan fingerprint density at radius 3 is 2.24 bits per heavy atom. The predicted octanol–water partition coefficient (Wildman–Crippen LogP) is 1.45. The van der Waals surface area contributed by atoms with E-state index >= 15 is 0 Å². The van der Waals surface area contributed by atoms with Crippen molar-refractivity contribution in [3.63, 3.8) is 0 Å². The molecule has 0 fully saturated rings. The molecule has 0 saturated heterocycles. The second-order valence-corrected chi connectivity index (χ2v) is 5.30. The van der Waals surface area contributed by atoms with Crippen LogP contribution in [0.4, 0.5) is 10.5 Å². The highest BCUT2D eigenvalue weighted by Gasteiger charge is 2.15. The summed E-state index contributed by atoms with van der Waals surface area (Å²) in [6.45, 7) is 5.21. The molecule has 0 aliphatic heterocycles. The molecule has 0 bridgehead atoms. The summed E-state index contributed by atoms with van der Waals surface area (Å²) in [4.78, 5) is 23.0. The molecule has 0 aliphatic carbocycles. The molecule has 0 spiro atoms. The molecule has 21 heavy (non-hydrogen) atoms. The van der Waals surface area contributed by atoms with Gasteiger partial charge in [-0.05, 0) is 45.0 Å². The Labute approximate surface area is 123 Å². The summed E-state index contributed by atoms with van der Waals surface area (Å²) in [7, 11) is 0. The van der Waals surface area contributed by atoms with E-state index in [1.807, 2.05) is 0 Å². The predicted molar refractivity (Wildman–Crippen MR) is 78.5 cm³/mol. The maximum atomic E-state index is 11.7. The summed E-state index contributed by atoms with van der Waals surface area (Å²) in [5.41, 5.74) is 6.03. The van der Waals surface area contributed by atoms with Gasteiger partial charge < -0.3 is 20.5 Å². The average molecular weight is 295 g/mol. The zero-order chi connectivity index (χ0) is 15.9. The van der Waals surface area contributed by atoms with Crippen LogP contribution >= 0.6 is 0 Å². The van der Waals surface area contributed by atoms with E-state index in [4.69, 9.17) is 15.2 Å². The van der Waals surface area contributed by atoms with Gasteiger partial charge in [0.05, 0.1) is 0 Å². The first kappa shape index (κ1) is 16.8. The van der Waals surface area contributed by atoms with Crippen molar-refractivity contribution in [3.05, 3.63) is 29.8 Å². The SMILES string of the molecule is CC(C)(C)OC(=O)NCOCNC(=O)c1ccc(N)cc1. The van der Waals surface area contributed by atoms with Crippen LogP contribution in [-0.4, -0.2) is 31.1 Å². The van der Waals surface area contributed by atoms with Crippen molar-refractivity contribution in [1.29, 1.82) is 0 Å². The molecule has 0 atom stereocenters. The molecule has 0 aromatic heterocycles. The molecule has 7 nitrogen and oxygen atoms in total. The van der Waals surface area contributed by atoms with Gasteiger partial charge in [0.2, 0.25) is 0 Å². The monoisotopic (exact) mass is 295 g/mol. The van der Waals surface area contributed by atoms with Crippen molar-refractivity contribution >= 4 is 17.7 Å². The molecule has 2 amide bonds. The van der Waals surface area contributed by atoms with Crippen molar-refractivity contribution in [2.24, 2.45) is 0 Å². The van der Waals surface area contributed by atoms with E-state index < -0.39 is 11.7 Å². The minimum Gasteiger partial charge on any atom is -0.444 e. The van der Waals surface area contributed by atoms with E-state index in [1.54, 1.807) is 45.0 Å². The number of alkyl carbamates (subject to hydrolysis) is 1. The molecular weight excluding hydrogens is 274 g/mol. The standard InChI is InChI=1S/C14H21N3O4/c1-14(2,3)21-13(19)17-9-20-8-16-12(18)10-4-6-11(15)7-5-10/h4-7H,8-9,15H2,1-3H3,(H,16,18)(H,17,19). The van der Waals surface area contributed by atoms with E-state index in [9.17, 15) is 9.59 Å². The lowest BCUT2D eigenvalue weighted by molar-refractivity contribution is 0.0369. The average Bonchev–Trinajstić information content (AvgIpc) is 2.36. The molecule has 7 heteroatoms. The second-order valence-electron chi connectivity index (χ2n) is 5.30. The molecular formula is C14H21N3O4. The maximum absolute atomic E-state index is 11.7. The van der Waals surface area contributed by atoms with Crippen LogP contribution in [0.5, 0.6) is 0 Å². The van der Waals surface area contributed by atoms with Gasteiger partial charge in [-0.2, -0.15) is 0 Å². The van der Waals surface area contributed by atoms with Gasteiger partial charge in [0.15, 0.2) is 0 Å². The Morgan fingerprint density at radius 1 is 1.10 bits per heavy atom. The Bertz CT molecular complexity index is 480. The second kappa shape index (κ2) is 7.49. The fraction of sp³-hybridized carbons (Fsp3) is 0.429. The number of nitrogens with two attached hydrogens (primary N) is 1. The third-order valence-electron chi connectivity index (χ3n) is 2.23. The van der Waals surface area contributed by atoms with Crippen molar-refractivity contribution < 1.29 is 19.1 Å². The molecule has 1 aromatic rings. The van der Waals surface area contributed by atoms with Crippen molar-refractivity contribution in [1.82, 2.24) is 10.6 Å². The summed E-state index contributed by atoms with van der Waals surface area (Å²) >= 11 is 0. The number of carbonyl (C=O) groups is 2. The van der Waals surface area contributed by atoms with Crippen LogP contribution in [-0.2, 0) is 9.47 Å². The van der Waals surface area contributed by atoms with E-state index in [2.05, 4.69) is 10.6 Å². The largest absolute Gasteiger partial charge is 0.444 e. The summed E-state index contributed by atoms with van der Waals surface area (Å²) in [5.74, 6) is -0.285.